The maximum atomic E-state index is 13.3. The Balaban J connectivity index is 2.52. The monoisotopic (exact) mass is 309 g/mol. The summed E-state index contributed by atoms with van der Waals surface area (Å²) in [6.07, 6.45) is 0. The summed E-state index contributed by atoms with van der Waals surface area (Å²) in [5.74, 6) is 0.236. The molecule has 1 aromatic heterocycles. The quantitative estimate of drug-likeness (QED) is 0.947. The van der Waals surface area contributed by atoms with Crippen molar-refractivity contribution in [2.45, 2.75) is 13.5 Å². The van der Waals surface area contributed by atoms with Crippen molar-refractivity contribution in [3.8, 4) is 11.4 Å². The minimum absolute atomic E-state index is 0.298. The lowest BCUT2D eigenvalue weighted by molar-refractivity contribution is 0.628. The summed E-state index contributed by atoms with van der Waals surface area (Å²) < 4.78 is 14.1. The van der Waals surface area contributed by atoms with Gasteiger partial charge in [-0.1, -0.05) is 15.9 Å². The molecule has 94 valence electrons. The van der Waals surface area contributed by atoms with Gasteiger partial charge in [0.05, 0.1) is 5.69 Å². The van der Waals surface area contributed by atoms with E-state index in [2.05, 4.69) is 31.2 Å². The number of hydrogen-bond acceptors (Lipinski definition) is 3. The van der Waals surface area contributed by atoms with Crippen LogP contribution in [0.15, 0.2) is 28.7 Å². The van der Waals surface area contributed by atoms with E-state index in [4.69, 9.17) is 0 Å². The van der Waals surface area contributed by atoms with Gasteiger partial charge in [0.2, 0.25) is 0 Å². The molecule has 0 atom stereocenters. The number of nitrogens with zero attached hydrogens (tertiary/aromatic N) is 2. The van der Waals surface area contributed by atoms with Crippen molar-refractivity contribution in [2.75, 3.05) is 7.05 Å². The second-order valence-corrected chi connectivity index (χ2v) is 4.83. The van der Waals surface area contributed by atoms with Gasteiger partial charge in [-0.15, -0.1) is 0 Å². The Hall–Kier alpha value is -1.33. The normalized spacial score (nSPS) is 10.7. The van der Waals surface area contributed by atoms with Crippen LogP contribution in [-0.4, -0.2) is 17.0 Å². The summed E-state index contributed by atoms with van der Waals surface area (Å²) in [5.41, 5.74) is 2.41. The smallest absolute Gasteiger partial charge is 0.160 e. The first-order valence-corrected chi connectivity index (χ1v) is 6.34. The molecule has 0 aliphatic carbocycles. The van der Waals surface area contributed by atoms with E-state index in [9.17, 15) is 4.39 Å². The average Bonchev–Trinajstić information content (AvgIpc) is 2.32. The topological polar surface area (TPSA) is 37.8 Å². The summed E-state index contributed by atoms with van der Waals surface area (Å²) >= 11 is 3.39. The molecule has 0 aliphatic heterocycles. The summed E-state index contributed by atoms with van der Waals surface area (Å²) in [7, 11) is 1.86. The molecule has 1 N–H and O–H groups in total. The summed E-state index contributed by atoms with van der Waals surface area (Å²) in [6, 6.07) is 6.40. The number of benzene rings is 1. The largest absolute Gasteiger partial charge is 0.314 e. The van der Waals surface area contributed by atoms with Gasteiger partial charge in [0.1, 0.15) is 5.82 Å². The molecule has 18 heavy (non-hydrogen) atoms. The third kappa shape index (κ3) is 2.91. The molecule has 5 heteroatoms. The predicted octanol–water partition coefficient (Wildman–Crippen LogP) is 3.07. The predicted molar refractivity (Wildman–Crippen MR) is 72.6 cm³/mol. The fourth-order valence-electron chi connectivity index (χ4n) is 1.69. The summed E-state index contributed by atoms with van der Waals surface area (Å²) in [4.78, 5) is 8.78. The van der Waals surface area contributed by atoms with E-state index < -0.39 is 0 Å². The van der Waals surface area contributed by atoms with Gasteiger partial charge >= 0.3 is 0 Å². The highest BCUT2D eigenvalue weighted by atomic mass is 79.9. The van der Waals surface area contributed by atoms with E-state index in [1.807, 2.05) is 20.0 Å². The highest BCUT2D eigenvalue weighted by molar-refractivity contribution is 9.10. The lowest BCUT2D eigenvalue weighted by atomic mass is 10.2. The van der Waals surface area contributed by atoms with Crippen LogP contribution in [0, 0.1) is 12.7 Å². The Bertz CT molecular complexity index is 572. The van der Waals surface area contributed by atoms with Crippen molar-refractivity contribution < 1.29 is 4.39 Å². The molecule has 1 heterocycles. The molecule has 0 bridgehead atoms. The lowest BCUT2D eigenvalue weighted by Crippen LogP contribution is -2.08. The molecule has 0 amide bonds. The van der Waals surface area contributed by atoms with Crippen LogP contribution in [0.1, 0.15) is 11.4 Å². The number of nitrogens with one attached hydrogen (secondary N) is 1. The van der Waals surface area contributed by atoms with Crippen LogP contribution in [0.4, 0.5) is 4.39 Å². The zero-order chi connectivity index (χ0) is 13.1. The van der Waals surface area contributed by atoms with Crippen molar-refractivity contribution in [3.63, 3.8) is 0 Å². The Morgan fingerprint density at radius 2 is 2.06 bits per heavy atom. The van der Waals surface area contributed by atoms with E-state index in [0.29, 0.717) is 17.9 Å². The number of rotatable bonds is 3. The molecule has 0 aliphatic rings. The maximum Gasteiger partial charge on any atom is 0.160 e. The highest BCUT2D eigenvalue weighted by Gasteiger charge is 2.09. The van der Waals surface area contributed by atoms with Gasteiger partial charge < -0.3 is 5.32 Å². The van der Waals surface area contributed by atoms with Gasteiger partial charge in [0, 0.05) is 22.3 Å². The summed E-state index contributed by atoms with van der Waals surface area (Å²) in [6.45, 7) is 2.56. The van der Waals surface area contributed by atoms with Gasteiger partial charge in [-0.05, 0) is 38.2 Å². The number of halogens is 2. The Kier molecular flexibility index (Phi) is 4.04. The SMILES string of the molecule is CNCc1cc(C)nc(-c2cc(F)ccc2Br)n1. The van der Waals surface area contributed by atoms with Gasteiger partial charge in [-0.3, -0.25) is 0 Å². The molecular formula is C13H13BrFN3. The molecule has 2 aromatic rings. The van der Waals surface area contributed by atoms with E-state index >= 15 is 0 Å². The minimum Gasteiger partial charge on any atom is -0.314 e. The lowest BCUT2D eigenvalue weighted by Gasteiger charge is -2.07. The average molecular weight is 310 g/mol. The molecule has 1 aromatic carbocycles. The first kappa shape index (κ1) is 13.1. The van der Waals surface area contributed by atoms with E-state index in [1.165, 1.54) is 12.1 Å². The van der Waals surface area contributed by atoms with Crippen molar-refractivity contribution in [2.24, 2.45) is 0 Å². The number of hydrogen-bond donors (Lipinski definition) is 1. The van der Waals surface area contributed by atoms with Crippen molar-refractivity contribution in [1.29, 1.82) is 0 Å². The fraction of sp³-hybridized carbons (Fsp3) is 0.231. The van der Waals surface area contributed by atoms with E-state index in [-0.39, 0.29) is 5.82 Å². The third-order valence-corrected chi connectivity index (χ3v) is 3.13. The van der Waals surface area contributed by atoms with Gasteiger partial charge in [0.25, 0.3) is 0 Å². The standard InChI is InChI=1S/C13H13BrFN3/c1-8-5-10(7-16-2)18-13(17-8)11-6-9(15)3-4-12(11)14/h3-6,16H,7H2,1-2H3. The van der Waals surface area contributed by atoms with Crippen molar-refractivity contribution in [1.82, 2.24) is 15.3 Å². The second kappa shape index (κ2) is 5.54. The zero-order valence-corrected chi connectivity index (χ0v) is 11.8. The van der Waals surface area contributed by atoms with Crippen molar-refractivity contribution in [3.05, 3.63) is 45.9 Å². The Morgan fingerprint density at radius 3 is 2.78 bits per heavy atom. The van der Waals surface area contributed by atoms with Gasteiger partial charge in [0.15, 0.2) is 5.82 Å². The van der Waals surface area contributed by atoms with Crippen LogP contribution in [-0.2, 0) is 6.54 Å². The Morgan fingerprint density at radius 1 is 1.28 bits per heavy atom. The highest BCUT2D eigenvalue weighted by Crippen LogP contribution is 2.26. The van der Waals surface area contributed by atoms with E-state index in [0.717, 1.165) is 15.9 Å². The van der Waals surface area contributed by atoms with Crippen LogP contribution < -0.4 is 5.32 Å². The first-order chi connectivity index (χ1) is 8.60. The van der Waals surface area contributed by atoms with Crippen LogP contribution in [0.3, 0.4) is 0 Å². The molecule has 0 fully saturated rings. The molecule has 0 spiro atoms. The zero-order valence-electron chi connectivity index (χ0n) is 10.2. The van der Waals surface area contributed by atoms with Crippen LogP contribution in [0.25, 0.3) is 11.4 Å². The number of aryl methyl sites for hydroxylation is 1. The molecule has 0 radical (unpaired) electrons. The molecular weight excluding hydrogens is 297 g/mol. The second-order valence-electron chi connectivity index (χ2n) is 3.98. The van der Waals surface area contributed by atoms with E-state index in [1.54, 1.807) is 6.07 Å². The first-order valence-electron chi connectivity index (χ1n) is 5.54. The molecule has 0 unspecified atom stereocenters. The molecule has 0 saturated carbocycles. The van der Waals surface area contributed by atoms with Gasteiger partial charge in [-0.2, -0.15) is 0 Å². The van der Waals surface area contributed by atoms with Crippen LogP contribution in [0.2, 0.25) is 0 Å². The molecule has 2 rings (SSSR count). The van der Waals surface area contributed by atoms with Crippen molar-refractivity contribution >= 4 is 15.9 Å². The summed E-state index contributed by atoms with van der Waals surface area (Å²) in [5, 5.41) is 3.04. The van der Waals surface area contributed by atoms with Gasteiger partial charge in [-0.25, -0.2) is 14.4 Å². The third-order valence-electron chi connectivity index (χ3n) is 2.43. The van der Waals surface area contributed by atoms with Crippen LogP contribution in [0.5, 0.6) is 0 Å². The molecule has 0 saturated heterocycles. The number of aromatic nitrogens is 2. The minimum atomic E-state index is -0.298. The van der Waals surface area contributed by atoms with Crippen LogP contribution >= 0.6 is 15.9 Å². The molecule has 3 nitrogen and oxygen atoms in total. The Labute approximate surface area is 114 Å². The fourth-order valence-corrected chi connectivity index (χ4v) is 2.12. The maximum absolute atomic E-state index is 13.3.